The molecule has 0 bridgehead atoms. The lowest BCUT2D eigenvalue weighted by molar-refractivity contribution is -0.115. The van der Waals surface area contributed by atoms with Gasteiger partial charge in [0.05, 0.1) is 0 Å². The zero-order valence-corrected chi connectivity index (χ0v) is 8.63. The summed E-state index contributed by atoms with van der Waals surface area (Å²) in [7, 11) is 0. The number of hydrogen-bond donors (Lipinski definition) is 0. The standard InChI is InChI=1S/C13H14O/c1-9-3-4-11-5-6-13(14)10(2)8-12(11)7-9/h3-4,7-8H,5-6H2,1-2H3. The number of hydrogen-bond acceptors (Lipinski definition) is 1. The Morgan fingerprint density at radius 2 is 1.93 bits per heavy atom. The van der Waals surface area contributed by atoms with E-state index in [1.165, 1.54) is 16.7 Å². The molecule has 1 aromatic rings. The Balaban J connectivity index is 2.53. The molecule has 0 heterocycles. The molecule has 1 nitrogen and oxygen atoms in total. The predicted molar refractivity (Wildman–Crippen MR) is 58.2 cm³/mol. The van der Waals surface area contributed by atoms with E-state index < -0.39 is 0 Å². The minimum atomic E-state index is 0.277. The molecule has 0 amide bonds. The van der Waals surface area contributed by atoms with Crippen molar-refractivity contribution in [2.75, 3.05) is 0 Å². The van der Waals surface area contributed by atoms with Crippen molar-refractivity contribution >= 4 is 11.9 Å². The molecule has 2 rings (SSSR count). The van der Waals surface area contributed by atoms with Gasteiger partial charge >= 0.3 is 0 Å². The van der Waals surface area contributed by atoms with E-state index in [0.29, 0.717) is 6.42 Å². The van der Waals surface area contributed by atoms with Crippen LogP contribution in [-0.2, 0) is 11.2 Å². The smallest absolute Gasteiger partial charge is 0.158 e. The number of Topliss-reactive ketones (excluding diaryl/α,β-unsaturated/α-hetero) is 1. The molecule has 0 radical (unpaired) electrons. The van der Waals surface area contributed by atoms with E-state index in [9.17, 15) is 4.79 Å². The summed E-state index contributed by atoms with van der Waals surface area (Å²) in [6.07, 6.45) is 3.54. The monoisotopic (exact) mass is 186 g/mol. The van der Waals surface area contributed by atoms with E-state index in [1.54, 1.807) is 0 Å². The van der Waals surface area contributed by atoms with E-state index in [-0.39, 0.29) is 5.78 Å². The van der Waals surface area contributed by atoms with Crippen molar-refractivity contribution in [1.29, 1.82) is 0 Å². The van der Waals surface area contributed by atoms with E-state index in [4.69, 9.17) is 0 Å². The number of carbonyl (C=O) groups is 1. The number of carbonyl (C=O) groups excluding carboxylic acids is 1. The highest BCUT2D eigenvalue weighted by Crippen LogP contribution is 2.21. The highest BCUT2D eigenvalue weighted by molar-refractivity contribution is 6.00. The van der Waals surface area contributed by atoms with E-state index in [2.05, 4.69) is 25.1 Å². The zero-order chi connectivity index (χ0) is 10.1. The fraction of sp³-hybridized carbons (Fsp3) is 0.308. The molecular weight excluding hydrogens is 172 g/mol. The largest absolute Gasteiger partial charge is 0.295 e. The van der Waals surface area contributed by atoms with Crippen molar-refractivity contribution in [1.82, 2.24) is 0 Å². The molecule has 0 atom stereocenters. The number of benzene rings is 1. The van der Waals surface area contributed by atoms with E-state index in [1.807, 2.05) is 13.0 Å². The molecule has 0 saturated carbocycles. The Kier molecular flexibility index (Phi) is 2.24. The molecule has 1 aliphatic carbocycles. The van der Waals surface area contributed by atoms with Crippen LogP contribution in [0.4, 0.5) is 0 Å². The van der Waals surface area contributed by atoms with Gasteiger partial charge in [-0.25, -0.2) is 0 Å². The van der Waals surface area contributed by atoms with Gasteiger partial charge in [0, 0.05) is 6.42 Å². The second kappa shape index (κ2) is 3.41. The van der Waals surface area contributed by atoms with Gasteiger partial charge in [0.1, 0.15) is 0 Å². The summed E-state index contributed by atoms with van der Waals surface area (Å²) in [4.78, 5) is 11.5. The van der Waals surface area contributed by atoms with Crippen molar-refractivity contribution < 1.29 is 4.79 Å². The summed E-state index contributed by atoms with van der Waals surface area (Å²) >= 11 is 0. The Bertz CT molecular complexity index is 413. The highest BCUT2D eigenvalue weighted by Gasteiger charge is 2.12. The lowest BCUT2D eigenvalue weighted by Crippen LogP contribution is -1.98. The second-order valence-electron chi connectivity index (χ2n) is 3.95. The first kappa shape index (κ1) is 9.20. The summed E-state index contributed by atoms with van der Waals surface area (Å²) in [6.45, 7) is 3.98. The SMILES string of the molecule is CC1=Cc2cc(C)ccc2CCC1=O. The van der Waals surface area contributed by atoms with Crippen molar-refractivity contribution in [3.05, 3.63) is 40.5 Å². The van der Waals surface area contributed by atoms with Gasteiger partial charge in [-0.15, -0.1) is 0 Å². The van der Waals surface area contributed by atoms with Crippen LogP contribution in [0.15, 0.2) is 23.8 Å². The number of allylic oxidation sites excluding steroid dienone is 1. The van der Waals surface area contributed by atoms with Crippen molar-refractivity contribution in [2.24, 2.45) is 0 Å². The van der Waals surface area contributed by atoms with Crippen molar-refractivity contribution in [2.45, 2.75) is 26.7 Å². The van der Waals surface area contributed by atoms with Crippen LogP contribution in [0.2, 0.25) is 0 Å². The lowest BCUT2D eigenvalue weighted by Gasteiger charge is -2.03. The quantitative estimate of drug-likeness (QED) is 0.609. The van der Waals surface area contributed by atoms with E-state index in [0.717, 1.165) is 12.0 Å². The normalized spacial score (nSPS) is 15.9. The maximum atomic E-state index is 11.5. The Labute approximate surface area is 84.5 Å². The average Bonchev–Trinajstić information content (AvgIpc) is 2.27. The molecular formula is C13H14O. The van der Waals surface area contributed by atoms with Crippen LogP contribution in [-0.4, -0.2) is 5.78 Å². The molecule has 0 fully saturated rings. The van der Waals surface area contributed by atoms with Gasteiger partial charge in [0.2, 0.25) is 0 Å². The fourth-order valence-corrected chi connectivity index (χ4v) is 1.84. The van der Waals surface area contributed by atoms with E-state index >= 15 is 0 Å². The van der Waals surface area contributed by atoms with Crippen LogP contribution in [0, 0.1) is 6.92 Å². The molecule has 14 heavy (non-hydrogen) atoms. The van der Waals surface area contributed by atoms with Crippen molar-refractivity contribution in [3.63, 3.8) is 0 Å². The molecule has 0 spiro atoms. The maximum absolute atomic E-state index is 11.5. The summed E-state index contributed by atoms with van der Waals surface area (Å²) < 4.78 is 0. The third-order valence-electron chi connectivity index (χ3n) is 2.73. The van der Waals surface area contributed by atoms with Crippen LogP contribution < -0.4 is 0 Å². The van der Waals surface area contributed by atoms with Gasteiger partial charge in [-0.05, 0) is 43.0 Å². The van der Waals surface area contributed by atoms with Crippen molar-refractivity contribution in [3.8, 4) is 0 Å². The van der Waals surface area contributed by atoms with Gasteiger partial charge in [-0.2, -0.15) is 0 Å². The number of aryl methyl sites for hydroxylation is 2. The molecule has 72 valence electrons. The molecule has 0 unspecified atom stereocenters. The van der Waals surface area contributed by atoms with Gasteiger partial charge in [0.15, 0.2) is 5.78 Å². The van der Waals surface area contributed by atoms with Gasteiger partial charge in [-0.3, -0.25) is 4.79 Å². The van der Waals surface area contributed by atoms with Crippen LogP contribution in [0.1, 0.15) is 30.0 Å². The molecule has 0 aromatic heterocycles. The Hall–Kier alpha value is -1.37. The Morgan fingerprint density at radius 3 is 2.71 bits per heavy atom. The van der Waals surface area contributed by atoms with Crippen LogP contribution >= 0.6 is 0 Å². The third-order valence-corrected chi connectivity index (χ3v) is 2.73. The first-order valence-corrected chi connectivity index (χ1v) is 4.98. The summed E-state index contributed by atoms with van der Waals surface area (Å²) in [5.74, 6) is 0.277. The van der Waals surface area contributed by atoms with Crippen LogP contribution in [0.25, 0.3) is 6.08 Å². The number of fused-ring (bicyclic) bond motifs is 1. The van der Waals surface area contributed by atoms with Gasteiger partial charge in [0.25, 0.3) is 0 Å². The maximum Gasteiger partial charge on any atom is 0.158 e. The molecule has 0 aliphatic heterocycles. The van der Waals surface area contributed by atoms with Gasteiger partial charge in [-0.1, -0.05) is 23.8 Å². The highest BCUT2D eigenvalue weighted by atomic mass is 16.1. The third kappa shape index (κ3) is 1.63. The number of ketones is 1. The second-order valence-corrected chi connectivity index (χ2v) is 3.95. The topological polar surface area (TPSA) is 17.1 Å². The Morgan fingerprint density at radius 1 is 1.14 bits per heavy atom. The zero-order valence-electron chi connectivity index (χ0n) is 8.63. The average molecular weight is 186 g/mol. The summed E-state index contributed by atoms with van der Waals surface area (Å²) in [5.41, 5.74) is 4.64. The minimum Gasteiger partial charge on any atom is -0.295 e. The summed E-state index contributed by atoms with van der Waals surface area (Å²) in [5, 5.41) is 0. The fourth-order valence-electron chi connectivity index (χ4n) is 1.84. The summed E-state index contributed by atoms with van der Waals surface area (Å²) in [6, 6.07) is 6.39. The molecule has 1 heteroatoms. The molecule has 0 saturated heterocycles. The first-order valence-electron chi connectivity index (χ1n) is 4.98. The predicted octanol–water partition coefficient (Wildman–Crippen LogP) is 2.91. The van der Waals surface area contributed by atoms with Gasteiger partial charge < -0.3 is 0 Å². The lowest BCUT2D eigenvalue weighted by atomic mass is 10.0. The van der Waals surface area contributed by atoms with Crippen LogP contribution in [0.3, 0.4) is 0 Å². The molecule has 1 aliphatic rings. The first-order chi connectivity index (χ1) is 6.66. The number of rotatable bonds is 0. The molecule has 1 aromatic carbocycles. The molecule has 0 N–H and O–H groups in total. The minimum absolute atomic E-state index is 0.277. The van der Waals surface area contributed by atoms with Crippen LogP contribution in [0.5, 0.6) is 0 Å².